The number of ether oxygens (including phenoxy) is 2. The molecule has 0 aliphatic heterocycles. The molecule has 0 saturated heterocycles. The van der Waals surface area contributed by atoms with E-state index < -0.39 is 5.79 Å². The van der Waals surface area contributed by atoms with E-state index in [0.29, 0.717) is 43.0 Å². The second-order valence-electron chi connectivity index (χ2n) is 12.6. The number of benzene rings is 1. The summed E-state index contributed by atoms with van der Waals surface area (Å²) in [6, 6.07) is 7.85. The summed E-state index contributed by atoms with van der Waals surface area (Å²) in [6.45, 7) is 11.1. The van der Waals surface area contributed by atoms with Gasteiger partial charge in [0.2, 0.25) is 0 Å². The van der Waals surface area contributed by atoms with E-state index in [1.807, 2.05) is 37.3 Å². The van der Waals surface area contributed by atoms with Crippen molar-refractivity contribution in [2.75, 3.05) is 7.11 Å². The number of fused-ring (bicyclic) bond motifs is 5. The maximum atomic E-state index is 13.0. The first kappa shape index (κ1) is 25.7. The van der Waals surface area contributed by atoms with E-state index in [1.54, 1.807) is 7.11 Å². The molecule has 36 heavy (non-hydrogen) atoms. The molecule has 5 rings (SSSR count). The Morgan fingerprint density at radius 2 is 1.83 bits per heavy atom. The summed E-state index contributed by atoms with van der Waals surface area (Å²) in [6.07, 6.45) is 12.9. The second-order valence-corrected chi connectivity index (χ2v) is 12.6. The molecule has 4 aliphatic rings. The molecule has 0 aromatic heterocycles. The fourth-order valence-electron chi connectivity index (χ4n) is 9.12. The third-order valence-electron chi connectivity index (χ3n) is 11.3. The first-order chi connectivity index (χ1) is 17.1. The summed E-state index contributed by atoms with van der Waals surface area (Å²) in [5.41, 5.74) is 2.36. The van der Waals surface area contributed by atoms with Crippen molar-refractivity contribution in [2.45, 2.75) is 91.0 Å². The van der Waals surface area contributed by atoms with Crippen LogP contribution in [0, 0.1) is 34.0 Å². The number of Topliss-reactive ketones (excluding diaryl/α,β-unsaturated/α-hetero) is 1. The van der Waals surface area contributed by atoms with Gasteiger partial charge in [-0.25, -0.2) is 0 Å². The highest BCUT2D eigenvalue weighted by Crippen LogP contribution is 2.70. The van der Waals surface area contributed by atoms with Crippen LogP contribution in [0.1, 0.15) is 84.1 Å². The quantitative estimate of drug-likeness (QED) is 0.328. The van der Waals surface area contributed by atoms with Crippen molar-refractivity contribution in [2.24, 2.45) is 34.0 Å². The van der Waals surface area contributed by atoms with Gasteiger partial charge in [0.25, 0.3) is 0 Å². The molecule has 4 heteroatoms. The predicted molar refractivity (Wildman–Crippen MR) is 142 cm³/mol. The van der Waals surface area contributed by atoms with Crippen LogP contribution < -0.4 is 4.74 Å². The van der Waals surface area contributed by atoms with Crippen molar-refractivity contribution in [1.29, 1.82) is 0 Å². The monoisotopic (exact) mass is 492 g/mol. The molecule has 7 atom stereocenters. The van der Waals surface area contributed by atoms with Gasteiger partial charge in [0.15, 0.2) is 5.79 Å². The molecule has 1 aromatic rings. The number of rotatable bonds is 7. The predicted octanol–water partition coefficient (Wildman–Crippen LogP) is 7.01. The first-order valence-electron chi connectivity index (χ1n) is 13.9. The highest BCUT2D eigenvalue weighted by Gasteiger charge is 2.65. The molecule has 0 radical (unpaired) electrons. The third-order valence-corrected chi connectivity index (χ3v) is 11.3. The summed E-state index contributed by atoms with van der Waals surface area (Å²) in [5, 5.41) is 11.4. The van der Waals surface area contributed by atoms with Crippen molar-refractivity contribution in [3.8, 4) is 5.75 Å². The summed E-state index contributed by atoms with van der Waals surface area (Å²) in [5.74, 6) is 1.90. The molecular weight excluding hydrogens is 448 g/mol. The van der Waals surface area contributed by atoms with Crippen LogP contribution in [0.5, 0.6) is 5.75 Å². The molecule has 3 fully saturated rings. The van der Waals surface area contributed by atoms with Crippen molar-refractivity contribution in [3.63, 3.8) is 0 Å². The molecule has 0 heterocycles. The molecule has 1 N–H and O–H groups in total. The fraction of sp³-hybridized carbons (Fsp3) is 0.656. The van der Waals surface area contributed by atoms with Crippen LogP contribution in [0.15, 0.2) is 48.6 Å². The summed E-state index contributed by atoms with van der Waals surface area (Å²) in [7, 11) is 1.66. The van der Waals surface area contributed by atoms with Gasteiger partial charge in [-0.2, -0.15) is 0 Å². The minimum Gasteiger partial charge on any atom is -0.497 e. The molecule has 4 nitrogen and oxygen atoms in total. The maximum absolute atomic E-state index is 13.0. The number of aliphatic hydroxyl groups is 1. The lowest BCUT2D eigenvalue weighted by Crippen LogP contribution is -2.55. The molecule has 4 aliphatic carbocycles. The molecule has 0 amide bonds. The van der Waals surface area contributed by atoms with Gasteiger partial charge in [0.05, 0.1) is 13.7 Å². The lowest BCUT2D eigenvalue weighted by molar-refractivity contribution is -0.231. The SMILES string of the molecule is C=CC[C@@]1(C(C)=O)CCC2C3CC=C4C[C@@](O)(OCc5ccc(OC)cc5)CC[C@]4(C)C3CC[C@@]21C. The number of carbonyl (C=O) groups is 1. The Kier molecular flexibility index (Phi) is 6.53. The summed E-state index contributed by atoms with van der Waals surface area (Å²) < 4.78 is 11.4. The average molecular weight is 493 g/mol. The van der Waals surface area contributed by atoms with Gasteiger partial charge in [0.1, 0.15) is 11.5 Å². The highest BCUT2D eigenvalue weighted by atomic mass is 16.6. The topological polar surface area (TPSA) is 55.8 Å². The van der Waals surface area contributed by atoms with E-state index in [2.05, 4.69) is 26.5 Å². The van der Waals surface area contributed by atoms with E-state index >= 15 is 0 Å². The van der Waals surface area contributed by atoms with Gasteiger partial charge in [0, 0.05) is 18.3 Å². The lowest BCUT2D eigenvalue weighted by Gasteiger charge is -2.60. The number of carbonyl (C=O) groups excluding carboxylic acids is 1. The Hall–Kier alpha value is -1.91. The zero-order chi connectivity index (χ0) is 25.8. The number of ketones is 1. The second kappa shape index (κ2) is 9.13. The van der Waals surface area contributed by atoms with Gasteiger partial charge in [-0.15, -0.1) is 6.58 Å². The first-order valence-corrected chi connectivity index (χ1v) is 13.9. The Labute approximate surface area is 217 Å². The van der Waals surface area contributed by atoms with Gasteiger partial charge in [-0.05, 0) is 98.1 Å². The number of hydrogen-bond donors (Lipinski definition) is 1. The maximum Gasteiger partial charge on any atom is 0.169 e. The van der Waals surface area contributed by atoms with Gasteiger partial charge < -0.3 is 14.6 Å². The Balaban J connectivity index is 1.33. The Morgan fingerprint density at radius 1 is 1.11 bits per heavy atom. The fourth-order valence-corrected chi connectivity index (χ4v) is 9.12. The molecule has 1 aromatic carbocycles. The van der Waals surface area contributed by atoms with Crippen molar-refractivity contribution in [1.82, 2.24) is 0 Å². The Morgan fingerprint density at radius 3 is 2.50 bits per heavy atom. The van der Waals surface area contributed by atoms with Crippen LogP contribution in [0.3, 0.4) is 0 Å². The molecule has 0 spiro atoms. The van der Waals surface area contributed by atoms with Crippen LogP contribution in [0.25, 0.3) is 0 Å². The van der Waals surface area contributed by atoms with Gasteiger partial charge in [-0.1, -0.05) is 43.7 Å². The normalized spacial score (nSPS) is 41.5. The standard InChI is InChI=1S/C32H44O4/c1-6-15-31(22(2)33)17-14-28-26-12-9-24-20-32(34,36-21-23-7-10-25(35-5)11-8-23)19-18-29(24,3)27(26)13-16-30(28,31)4/h6-11,26-28,34H,1,12-21H2,2-5H3/t26?,27?,28?,29-,30-,31-,32-/m0/s1. The minimum atomic E-state index is -1.11. The van der Waals surface area contributed by atoms with Crippen LogP contribution in [-0.4, -0.2) is 23.8 Å². The number of allylic oxidation sites excluding steroid dienone is 2. The van der Waals surface area contributed by atoms with Crippen LogP contribution >= 0.6 is 0 Å². The average Bonchev–Trinajstić information content (AvgIpc) is 3.17. The number of hydrogen-bond acceptors (Lipinski definition) is 4. The van der Waals surface area contributed by atoms with Crippen molar-refractivity contribution in [3.05, 3.63) is 54.1 Å². The van der Waals surface area contributed by atoms with E-state index in [4.69, 9.17) is 9.47 Å². The Bertz CT molecular complexity index is 1040. The minimum absolute atomic E-state index is 0.0623. The highest BCUT2D eigenvalue weighted by molar-refractivity contribution is 5.84. The van der Waals surface area contributed by atoms with Crippen molar-refractivity contribution >= 4 is 5.78 Å². The van der Waals surface area contributed by atoms with E-state index in [9.17, 15) is 9.90 Å². The van der Waals surface area contributed by atoms with E-state index in [0.717, 1.165) is 49.8 Å². The van der Waals surface area contributed by atoms with E-state index in [1.165, 1.54) is 12.0 Å². The summed E-state index contributed by atoms with van der Waals surface area (Å²) in [4.78, 5) is 13.0. The zero-order valence-corrected chi connectivity index (χ0v) is 22.6. The lowest BCUT2D eigenvalue weighted by atomic mass is 9.45. The van der Waals surface area contributed by atoms with Gasteiger partial charge >= 0.3 is 0 Å². The smallest absolute Gasteiger partial charge is 0.169 e. The third kappa shape index (κ3) is 3.82. The number of methoxy groups -OCH3 is 1. The van der Waals surface area contributed by atoms with Gasteiger partial charge in [-0.3, -0.25) is 4.79 Å². The summed E-state index contributed by atoms with van der Waals surface area (Å²) >= 11 is 0. The zero-order valence-electron chi connectivity index (χ0n) is 22.6. The molecule has 0 bridgehead atoms. The molecular formula is C32H44O4. The largest absolute Gasteiger partial charge is 0.497 e. The van der Waals surface area contributed by atoms with Crippen LogP contribution in [-0.2, 0) is 16.1 Å². The molecule has 196 valence electrons. The molecule has 3 unspecified atom stereocenters. The van der Waals surface area contributed by atoms with E-state index in [-0.39, 0.29) is 16.2 Å². The van der Waals surface area contributed by atoms with Crippen LogP contribution in [0.4, 0.5) is 0 Å². The van der Waals surface area contributed by atoms with Crippen molar-refractivity contribution < 1.29 is 19.4 Å². The van der Waals surface area contributed by atoms with Crippen LogP contribution in [0.2, 0.25) is 0 Å². The molecule has 3 saturated carbocycles.